The zero-order chi connectivity index (χ0) is 11.1. The molecule has 3 heteroatoms. The summed E-state index contributed by atoms with van der Waals surface area (Å²) >= 11 is 0. The fourth-order valence-electron chi connectivity index (χ4n) is 1.67. The highest BCUT2D eigenvalue weighted by Gasteiger charge is 2.16. The van der Waals surface area contributed by atoms with Crippen molar-refractivity contribution in [3.63, 3.8) is 0 Å². The molecule has 0 spiro atoms. The maximum Gasteiger partial charge on any atom is 0.0544 e. The Bertz CT molecular complexity index is 261. The van der Waals surface area contributed by atoms with E-state index in [0.29, 0.717) is 12.0 Å². The average Bonchev–Trinajstić information content (AvgIpc) is 2.30. The molecule has 1 N–H and O–H groups in total. The Morgan fingerprint density at radius 1 is 1.33 bits per heavy atom. The van der Waals surface area contributed by atoms with Crippen molar-refractivity contribution in [1.82, 2.24) is 15.5 Å². The Kier molecular flexibility index (Phi) is 5.26. The summed E-state index contributed by atoms with van der Waals surface area (Å²) < 4.78 is 0. The molecule has 0 saturated carbocycles. The minimum Gasteiger partial charge on any atom is -0.310 e. The third-order valence-electron chi connectivity index (χ3n) is 2.79. The normalized spacial score (nSPS) is 14.9. The smallest absolute Gasteiger partial charge is 0.0544 e. The predicted molar refractivity (Wildman–Crippen MR) is 62.5 cm³/mol. The fraction of sp³-hybridized carbons (Fsp3) is 0.667. The predicted octanol–water partition coefficient (Wildman–Crippen LogP) is 2.56. The van der Waals surface area contributed by atoms with Crippen molar-refractivity contribution in [3.05, 3.63) is 24.0 Å². The summed E-state index contributed by atoms with van der Waals surface area (Å²) in [5.41, 5.74) is 1.24. The first-order valence-electron chi connectivity index (χ1n) is 5.79. The van der Waals surface area contributed by atoms with Crippen LogP contribution in [0.25, 0.3) is 0 Å². The van der Waals surface area contributed by atoms with Gasteiger partial charge in [0.2, 0.25) is 0 Å². The van der Waals surface area contributed by atoms with Gasteiger partial charge in [0.05, 0.1) is 6.20 Å². The van der Waals surface area contributed by atoms with E-state index in [2.05, 4.69) is 36.3 Å². The van der Waals surface area contributed by atoms with Crippen molar-refractivity contribution in [2.24, 2.45) is 5.92 Å². The lowest BCUT2D eigenvalue weighted by Crippen LogP contribution is -2.27. The first kappa shape index (κ1) is 12.1. The van der Waals surface area contributed by atoms with Crippen LogP contribution in [0.15, 0.2) is 18.5 Å². The summed E-state index contributed by atoms with van der Waals surface area (Å²) in [4.78, 5) is 0. The standard InChI is InChI=1S/C12H21N3/c1-4-7-13-12(10(3)5-2)11-6-8-14-15-9-11/h6,8-10,12-13H,4-5,7H2,1-3H3. The van der Waals surface area contributed by atoms with E-state index in [1.165, 1.54) is 12.0 Å². The van der Waals surface area contributed by atoms with Crippen molar-refractivity contribution < 1.29 is 0 Å². The SMILES string of the molecule is CCCNC(c1ccnnc1)C(C)CC. The van der Waals surface area contributed by atoms with Gasteiger partial charge in [0.1, 0.15) is 0 Å². The van der Waals surface area contributed by atoms with Gasteiger partial charge < -0.3 is 5.32 Å². The second kappa shape index (κ2) is 6.51. The number of aromatic nitrogens is 2. The minimum absolute atomic E-state index is 0.408. The minimum atomic E-state index is 0.408. The third-order valence-corrected chi connectivity index (χ3v) is 2.79. The lowest BCUT2D eigenvalue weighted by Gasteiger charge is -2.24. The summed E-state index contributed by atoms with van der Waals surface area (Å²) in [5.74, 6) is 0.626. The first-order chi connectivity index (χ1) is 7.29. The van der Waals surface area contributed by atoms with Crippen LogP contribution in [0.3, 0.4) is 0 Å². The van der Waals surface area contributed by atoms with Crippen LogP contribution in [0.4, 0.5) is 0 Å². The van der Waals surface area contributed by atoms with Crippen LogP contribution < -0.4 is 5.32 Å². The molecule has 1 aromatic heterocycles. The molecule has 84 valence electrons. The van der Waals surface area contributed by atoms with Gasteiger partial charge in [0.15, 0.2) is 0 Å². The molecule has 1 rings (SSSR count). The monoisotopic (exact) mass is 207 g/mol. The van der Waals surface area contributed by atoms with Crippen LogP contribution in [0.1, 0.15) is 45.2 Å². The Hall–Kier alpha value is -0.960. The van der Waals surface area contributed by atoms with Crippen molar-refractivity contribution >= 4 is 0 Å². The molecule has 1 heterocycles. The van der Waals surface area contributed by atoms with Crippen LogP contribution in [0.2, 0.25) is 0 Å². The summed E-state index contributed by atoms with van der Waals surface area (Å²) in [6.45, 7) is 7.73. The number of nitrogens with zero attached hydrogens (tertiary/aromatic N) is 2. The second-order valence-electron chi connectivity index (χ2n) is 3.99. The summed E-state index contributed by atoms with van der Waals surface area (Å²) in [7, 11) is 0. The lowest BCUT2D eigenvalue weighted by molar-refractivity contribution is 0.376. The zero-order valence-electron chi connectivity index (χ0n) is 9.90. The maximum atomic E-state index is 3.94. The summed E-state index contributed by atoms with van der Waals surface area (Å²) in [6, 6.07) is 2.46. The molecule has 0 saturated heterocycles. The highest BCUT2D eigenvalue weighted by Crippen LogP contribution is 2.23. The maximum absolute atomic E-state index is 3.94. The molecule has 0 amide bonds. The highest BCUT2D eigenvalue weighted by molar-refractivity contribution is 5.12. The highest BCUT2D eigenvalue weighted by atomic mass is 15.1. The van der Waals surface area contributed by atoms with E-state index in [-0.39, 0.29) is 0 Å². The molecule has 15 heavy (non-hydrogen) atoms. The quantitative estimate of drug-likeness (QED) is 0.779. The largest absolute Gasteiger partial charge is 0.310 e. The molecule has 0 aromatic carbocycles. The van der Waals surface area contributed by atoms with Crippen LogP contribution in [0.5, 0.6) is 0 Å². The molecule has 0 aliphatic heterocycles. The van der Waals surface area contributed by atoms with Crippen LogP contribution in [-0.4, -0.2) is 16.7 Å². The van der Waals surface area contributed by atoms with E-state index in [0.717, 1.165) is 13.0 Å². The van der Waals surface area contributed by atoms with E-state index >= 15 is 0 Å². The molecule has 0 aliphatic carbocycles. The number of rotatable bonds is 6. The molecule has 0 aliphatic rings. The molecule has 2 atom stereocenters. The van der Waals surface area contributed by atoms with E-state index in [1.54, 1.807) is 6.20 Å². The van der Waals surface area contributed by atoms with E-state index in [1.807, 2.05) is 12.3 Å². The molecular weight excluding hydrogens is 186 g/mol. The van der Waals surface area contributed by atoms with Gasteiger partial charge >= 0.3 is 0 Å². The van der Waals surface area contributed by atoms with Crippen LogP contribution in [0, 0.1) is 5.92 Å². The van der Waals surface area contributed by atoms with E-state index in [4.69, 9.17) is 0 Å². The lowest BCUT2D eigenvalue weighted by atomic mass is 9.94. The van der Waals surface area contributed by atoms with Gasteiger partial charge in [0.25, 0.3) is 0 Å². The summed E-state index contributed by atoms with van der Waals surface area (Å²) in [5, 5.41) is 11.3. The molecule has 3 nitrogen and oxygen atoms in total. The van der Waals surface area contributed by atoms with Gasteiger partial charge in [0, 0.05) is 12.2 Å². The van der Waals surface area contributed by atoms with Gasteiger partial charge in [-0.05, 0) is 30.5 Å². The molecule has 2 unspecified atom stereocenters. The summed E-state index contributed by atoms with van der Waals surface area (Å²) in [6.07, 6.45) is 5.95. The number of hydrogen-bond donors (Lipinski definition) is 1. The molecule has 0 fully saturated rings. The molecular formula is C12H21N3. The van der Waals surface area contributed by atoms with Crippen molar-refractivity contribution in [2.45, 2.75) is 39.7 Å². The Morgan fingerprint density at radius 2 is 2.13 bits per heavy atom. The third kappa shape index (κ3) is 3.59. The second-order valence-corrected chi connectivity index (χ2v) is 3.99. The fourth-order valence-corrected chi connectivity index (χ4v) is 1.67. The van der Waals surface area contributed by atoms with Gasteiger partial charge in [-0.3, -0.25) is 0 Å². The van der Waals surface area contributed by atoms with E-state index < -0.39 is 0 Å². The first-order valence-corrected chi connectivity index (χ1v) is 5.79. The van der Waals surface area contributed by atoms with Crippen LogP contribution >= 0.6 is 0 Å². The van der Waals surface area contributed by atoms with Crippen LogP contribution in [-0.2, 0) is 0 Å². The van der Waals surface area contributed by atoms with Crippen molar-refractivity contribution in [2.75, 3.05) is 6.54 Å². The molecule has 1 aromatic rings. The molecule has 0 radical (unpaired) electrons. The number of hydrogen-bond acceptors (Lipinski definition) is 3. The van der Waals surface area contributed by atoms with Crippen molar-refractivity contribution in [3.8, 4) is 0 Å². The topological polar surface area (TPSA) is 37.8 Å². The number of nitrogens with one attached hydrogen (secondary N) is 1. The van der Waals surface area contributed by atoms with Gasteiger partial charge in [-0.1, -0.05) is 27.2 Å². The Morgan fingerprint density at radius 3 is 2.67 bits per heavy atom. The Balaban J connectivity index is 2.72. The average molecular weight is 207 g/mol. The van der Waals surface area contributed by atoms with E-state index in [9.17, 15) is 0 Å². The zero-order valence-corrected chi connectivity index (χ0v) is 9.90. The van der Waals surface area contributed by atoms with Crippen molar-refractivity contribution in [1.29, 1.82) is 0 Å². The Labute approximate surface area is 92.3 Å². The van der Waals surface area contributed by atoms with Gasteiger partial charge in [-0.15, -0.1) is 0 Å². The van der Waals surface area contributed by atoms with Gasteiger partial charge in [-0.2, -0.15) is 10.2 Å². The molecule has 0 bridgehead atoms. The van der Waals surface area contributed by atoms with Gasteiger partial charge in [-0.25, -0.2) is 0 Å².